The second-order valence-corrected chi connectivity index (χ2v) is 4.92. The molecule has 0 radical (unpaired) electrons. The summed E-state index contributed by atoms with van der Waals surface area (Å²) in [5, 5.41) is 19.4. The van der Waals surface area contributed by atoms with Crippen molar-refractivity contribution in [2.45, 2.75) is 33.1 Å². The summed E-state index contributed by atoms with van der Waals surface area (Å²) in [6.07, 6.45) is 0. The summed E-state index contributed by atoms with van der Waals surface area (Å²) in [6, 6.07) is 5.68. The van der Waals surface area contributed by atoms with Gasteiger partial charge in [-0.3, -0.25) is 0 Å². The van der Waals surface area contributed by atoms with E-state index in [4.69, 9.17) is 0 Å². The van der Waals surface area contributed by atoms with Crippen LogP contribution in [-0.2, 0) is 5.41 Å². The molecular formula is C14H23NO2. The van der Waals surface area contributed by atoms with Crippen molar-refractivity contribution in [2.24, 2.45) is 0 Å². The lowest BCUT2D eigenvalue weighted by molar-refractivity contribution is 0.215. The Kier molecular flexibility index (Phi) is 4.40. The van der Waals surface area contributed by atoms with Gasteiger partial charge in [-0.05, 0) is 19.9 Å². The Labute approximate surface area is 104 Å². The van der Waals surface area contributed by atoms with Gasteiger partial charge in [-0.15, -0.1) is 0 Å². The molecule has 0 amide bonds. The Balaban J connectivity index is 3.10. The molecule has 1 aromatic rings. The maximum atomic E-state index is 10.1. The smallest absolute Gasteiger partial charge is 0.121 e. The highest BCUT2D eigenvalue weighted by Gasteiger charge is 2.23. The number of hydrogen-bond acceptors (Lipinski definition) is 3. The second-order valence-electron chi connectivity index (χ2n) is 4.92. The van der Waals surface area contributed by atoms with E-state index >= 15 is 0 Å². The summed E-state index contributed by atoms with van der Waals surface area (Å²) in [6.45, 7) is 9.86. The number of phenols is 1. The minimum absolute atomic E-state index is 0.0190. The zero-order valence-corrected chi connectivity index (χ0v) is 11.2. The van der Waals surface area contributed by atoms with Gasteiger partial charge in [0.25, 0.3) is 0 Å². The summed E-state index contributed by atoms with van der Waals surface area (Å²) in [7, 11) is 0. The van der Waals surface area contributed by atoms with Crippen LogP contribution in [0.1, 0.15) is 33.3 Å². The van der Waals surface area contributed by atoms with Crippen LogP contribution in [0.4, 0.5) is 5.69 Å². The molecule has 0 aliphatic rings. The molecule has 3 nitrogen and oxygen atoms in total. The molecule has 1 aromatic carbocycles. The van der Waals surface area contributed by atoms with Crippen molar-refractivity contribution >= 4 is 5.69 Å². The van der Waals surface area contributed by atoms with Crippen LogP contribution in [0.5, 0.6) is 5.75 Å². The quantitative estimate of drug-likeness (QED) is 0.827. The van der Waals surface area contributed by atoms with Crippen LogP contribution in [0.25, 0.3) is 0 Å². The fraction of sp³-hybridized carbons (Fsp3) is 0.571. The fourth-order valence-electron chi connectivity index (χ4n) is 1.96. The Morgan fingerprint density at radius 2 is 1.76 bits per heavy atom. The average molecular weight is 237 g/mol. The van der Waals surface area contributed by atoms with Gasteiger partial charge in [0.05, 0.1) is 6.61 Å². The molecule has 0 aromatic heterocycles. The van der Waals surface area contributed by atoms with Crippen molar-refractivity contribution in [3.8, 4) is 5.75 Å². The SMILES string of the molecule is CCN(CC)c1ccc(C(C)(C)CO)c(O)c1. The van der Waals surface area contributed by atoms with E-state index in [-0.39, 0.29) is 12.4 Å². The van der Waals surface area contributed by atoms with Crippen LogP contribution in [0.15, 0.2) is 18.2 Å². The monoisotopic (exact) mass is 237 g/mol. The highest BCUT2D eigenvalue weighted by atomic mass is 16.3. The lowest BCUT2D eigenvalue weighted by Crippen LogP contribution is -2.24. The molecule has 0 saturated carbocycles. The predicted octanol–water partition coefficient (Wildman–Crippen LogP) is 2.51. The lowest BCUT2D eigenvalue weighted by atomic mass is 9.85. The maximum Gasteiger partial charge on any atom is 0.121 e. The van der Waals surface area contributed by atoms with E-state index in [0.717, 1.165) is 24.3 Å². The number of aromatic hydroxyl groups is 1. The summed E-state index contributed by atoms with van der Waals surface area (Å²) in [4.78, 5) is 2.18. The normalized spacial score (nSPS) is 11.6. The molecule has 0 atom stereocenters. The van der Waals surface area contributed by atoms with E-state index in [1.807, 2.05) is 26.0 Å². The largest absolute Gasteiger partial charge is 0.508 e. The molecule has 0 aliphatic heterocycles. The number of nitrogens with zero attached hydrogens (tertiary/aromatic N) is 1. The third-order valence-electron chi connectivity index (χ3n) is 3.23. The van der Waals surface area contributed by atoms with Crippen molar-refractivity contribution < 1.29 is 10.2 Å². The second kappa shape index (κ2) is 5.41. The Morgan fingerprint density at radius 1 is 1.18 bits per heavy atom. The minimum Gasteiger partial charge on any atom is -0.508 e. The first kappa shape index (κ1) is 13.8. The highest BCUT2D eigenvalue weighted by Crippen LogP contribution is 2.33. The number of anilines is 1. The number of benzene rings is 1. The standard InChI is InChI=1S/C14H23NO2/c1-5-15(6-2)11-7-8-12(13(17)9-11)14(3,4)10-16/h7-9,16-17H,5-6,10H2,1-4H3. The van der Waals surface area contributed by atoms with Gasteiger partial charge in [-0.1, -0.05) is 19.9 Å². The van der Waals surface area contributed by atoms with Gasteiger partial charge < -0.3 is 15.1 Å². The molecular weight excluding hydrogens is 214 g/mol. The molecule has 2 N–H and O–H groups in total. The number of phenolic OH excluding ortho intramolecular Hbond substituents is 1. The first-order chi connectivity index (χ1) is 7.96. The zero-order valence-electron chi connectivity index (χ0n) is 11.2. The minimum atomic E-state index is -0.411. The molecule has 1 rings (SSSR count). The molecule has 17 heavy (non-hydrogen) atoms. The van der Waals surface area contributed by atoms with Crippen LogP contribution in [-0.4, -0.2) is 29.9 Å². The first-order valence-electron chi connectivity index (χ1n) is 6.15. The van der Waals surface area contributed by atoms with Gasteiger partial charge in [0.15, 0.2) is 0 Å². The van der Waals surface area contributed by atoms with Crippen LogP contribution in [0, 0.1) is 0 Å². The van der Waals surface area contributed by atoms with Crippen molar-refractivity contribution in [2.75, 3.05) is 24.6 Å². The van der Waals surface area contributed by atoms with E-state index in [0.29, 0.717) is 0 Å². The molecule has 0 saturated heterocycles. The lowest BCUT2D eigenvalue weighted by Gasteiger charge is -2.26. The summed E-state index contributed by atoms with van der Waals surface area (Å²) < 4.78 is 0. The zero-order chi connectivity index (χ0) is 13.1. The third-order valence-corrected chi connectivity index (χ3v) is 3.23. The fourth-order valence-corrected chi connectivity index (χ4v) is 1.96. The Morgan fingerprint density at radius 3 is 2.18 bits per heavy atom. The molecule has 0 spiro atoms. The van der Waals surface area contributed by atoms with Gasteiger partial charge in [-0.2, -0.15) is 0 Å². The van der Waals surface area contributed by atoms with Gasteiger partial charge in [0.1, 0.15) is 5.75 Å². The van der Waals surface area contributed by atoms with Crippen molar-refractivity contribution in [3.63, 3.8) is 0 Å². The summed E-state index contributed by atoms with van der Waals surface area (Å²) >= 11 is 0. The van der Waals surface area contributed by atoms with E-state index in [9.17, 15) is 10.2 Å². The highest BCUT2D eigenvalue weighted by molar-refractivity contribution is 5.54. The van der Waals surface area contributed by atoms with Gasteiger partial charge in [0.2, 0.25) is 0 Å². The molecule has 0 bridgehead atoms. The molecule has 3 heteroatoms. The van der Waals surface area contributed by atoms with Crippen molar-refractivity contribution in [1.29, 1.82) is 0 Å². The number of aliphatic hydroxyl groups excluding tert-OH is 1. The number of aliphatic hydroxyl groups is 1. The van der Waals surface area contributed by atoms with Crippen LogP contribution in [0.2, 0.25) is 0 Å². The van der Waals surface area contributed by atoms with Gasteiger partial charge in [0, 0.05) is 35.8 Å². The molecule has 0 heterocycles. The Hall–Kier alpha value is -1.22. The van der Waals surface area contributed by atoms with Crippen molar-refractivity contribution in [1.82, 2.24) is 0 Å². The van der Waals surface area contributed by atoms with E-state index in [1.54, 1.807) is 6.07 Å². The average Bonchev–Trinajstić information content (AvgIpc) is 2.30. The molecule has 0 aliphatic carbocycles. The predicted molar refractivity (Wildman–Crippen MR) is 71.8 cm³/mol. The topological polar surface area (TPSA) is 43.7 Å². The maximum absolute atomic E-state index is 10.1. The van der Waals surface area contributed by atoms with Crippen molar-refractivity contribution in [3.05, 3.63) is 23.8 Å². The third kappa shape index (κ3) is 2.91. The molecule has 0 fully saturated rings. The van der Waals surface area contributed by atoms with E-state index < -0.39 is 5.41 Å². The number of rotatable bonds is 5. The Bertz CT molecular complexity index is 370. The van der Waals surface area contributed by atoms with E-state index in [2.05, 4.69) is 18.7 Å². The molecule has 96 valence electrons. The first-order valence-corrected chi connectivity index (χ1v) is 6.15. The van der Waals surface area contributed by atoms with Gasteiger partial charge >= 0.3 is 0 Å². The van der Waals surface area contributed by atoms with E-state index in [1.165, 1.54) is 0 Å². The summed E-state index contributed by atoms with van der Waals surface area (Å²) in [5.74, 6) is 0.258. The summed E-state index contributed by atoms with van der Waals surface area (Å²) in [5.41, 5.74) is 1.40. The van der Waals surface area contributed by atoms with Crippen LogP contribution >= 0.6 is 0 Å². The van der Waals surface area contributed by atoms with Gasteiger partial charge in [-0.25, -0.2) is 0 Å². The van der Waals surface area contributed by atoms with Crippen LogP contribution in [0.3, 0.4) is 0 Å². The number of hydrogen-bond donors (Lipinski definition) is 2. The molecule has 0 unspecified atom stereocenters. The van der Waals surface area contributed by atoms with Crippen LogP contribution < -0.4 is 4.90 Å².